The van der Waals surface area contributed by atoms with E-state index in [0.29, 0.717) is 17.0 Å². The van der Waals surface area contributed by atoms with Crippen molar-refractivity contribution in [1.82, 2.24) is 5.32 Å². The molecule has 1 amide bonds. The summed E-state index contributed by atoms with van der Waals surface area (Å²) in [5.74, 6) is -0.464. The third-order valence-corrected chi connectivity index (χ3v) is 5.89. The Bertz CT molecular complexity index is 1340. The lowest BCUT2D eigenvalue weighted by molar-refractivity contribution is -0.137. The van der Waals surface area contributed by atoms with E-state index in [0.717, 1.165) is 29.7 Å². The first-order valence-electron chi connectivity index (χ1n) is 11.3. The molecule has 0 saturated carbocycles. The van der Waals surface area contributed by atoms with Gasteiger partial charge < -0.3 is 15.4 Å². The fourth-order valence-corrected chi connectivity index (χ4v) is 4.21. The van der Waals surface area contributed by atoms with Crippen LogP contribution in [0.25, 0.3) is 5.70 Å². The van der Waals surface area contributed by atoms with Crippen LogP contribution >= 0.6 is 0 Å². The summed E-state index contributed by atoms with van der Waals surface area (Å²) in [7, 11) is 1.58. The first-order valence-corrected chi connectivity index (χ1v) is 11.3. The van der Waals surface area contributed by atoms with Gasteiger partial charge in [0.15, 0.2) is 5.78 Å². The van der Waals surface area contributed by atoms with Gasteiger partial charge in [0, 0.05) is 34.1 Å². The van der Waals surface area contributed by atoms with Gasteiger partial charge in [0.25, 0.3) is 5.91 Å². The molecule has 186 valence electrons. The van der Waals surface area contributed by atoms with Gasteiger partial charge in [-0.2, -0.15) is 13.2 Å². The van der Waals surface area contributed by atoms with Gasteiger partial charge in [-0.3, -0.25) is 9.59 Å². The van der Waals surface area contributed by atoms with Crippen LogP contribution < -0.4 is 15.4 Å². The first-order chi connectivity index (χ1) is 17.0. The second kappa shape index (κ2) is 9.53. The number of ketones is 1. The van der Waals surface area contributed by atoms with Crippen molar-refractivity contribution < 1.29 is 27.5 Å². The number of halogens is 3. The average molecular weight is 495 g/mol. The number of rotatable bonds is 5. The summed E-state index contributed by atoms with van der Waals surface area (Å²) in [6.45, 7) is 4.10. The molecule has 4 rings (SSSR count). The summed E-state index contributed by atoms with van der Waals surface area (Å²) in [5.41, 5.74) is 1.54. The second-order valence-electron chi connectivity index (χ2n) is 9.21. The zero-order valence-electron chi connectivity index (χ0n) is 20.0. The lowest BCUT2D eigenvalue weighted by Crippen LogP contribution is -2.43. The van der Waals surface area contributed by atoms with Crippen molar-refractivity contribution in [2.45, 2.75) is 32.0 Å². The number of hydrogen-bond donors (Lipinski definition) is 2. The Labute approximate surface area is 207 Å². The molecule has 1 heterocycles. The van der Waals surface area contributed by atoms with Crippen molar-refractivity contribution in [3.05, 3.63) is 101 Å². The zero-order valence-corrected chi connectivity index (χ0v) is 20.0. The molecule has 0 atom stereocenters. The monoisotopic (exact) mass is 494 g/mol. The van der Waals surface area contributed by atoms with E-state index in [4.69, 9.17) is 4.74 Å². The number of anilines is 1. The number of alkyl halides is 3. The maximum absolute atomic E-state index is 13.2. The van der Waals surface area contributed by atoms with Crippen molar-refractivity contribution in [3.8, 4) is 5.75 Å². The molecule has 0 spiro atoms. The van der Waals surface area contributed by atoms with Crippen molar-refractivity contribution >= 4 is 23.1 Å². The summed E-state index contributed by atoms with van der Waals surface area (Å²) in [5, 5.41) is 5.87. The number of hydrogen-bond acceptors (Lipinski definition) is 4. The highest BCUT2D eigenvalue weighted by molar-refractivity contribution is 6.09. The fourth-order valence-electron chi connectivity index (χ4n) is 4.21. The molecule has 8 heteroatoms. The second-order valence-corrected chi connectivity index (χ2v) is 9.21. The summed E-state index contributed by atoms with van der Waals surface area (Å²) < 4.78 is 45.0. The fraction of sp³-hybridized carbons (Fsp3) is 0.214. The third kappa shape index (κ3) is 5.43. The highest BCUT2D eigenvalue weighted by Crippen LogP contribution is 2.33. The summed E-state index contributed by atoms with van der Waals surface area (Å²) in [6, 6.07) is 16.3. The number of carbonyl (C=O) groups excluding carboxylic acids is 2. The molecule has 0 unspecified atom stereocenters. The summed E-state index contributed by atoms with van der Waals surface area (Å²) in [4.78, 5) is 25.5. The molecule has 3 aromatic rings. The lowest BCUT2D eigenvalue weighted by Gasteiger charge is -2.35. The molecule has 36 heavy (non-hydrogen) atoms. The molecule has 0 saturated heterocycles. The van der Waals surface area contributed by atoms with E-state index in [1.54, 1.807) is 7.11 Å². The van der Waals surface area contributed by atoms with E-state index in [2.05, 4.69) is 10.6 Å². The summed E-state index contributed by atoms with van der Waals surface area (Å²) in [6.07, 6.45) is -2.35. The molecule has 3 aromatic carbocycles. The maximum atomic E-state index is 13.2. The van der Waals surface area contributed by atoms with Gasteiger partial charge in [-0.25, -0.2) is 0 Å². The van der Waals surface area contributed by atoms with E-state index in [1.807, 2.05) is 32.0 Å². The predicted octanol–water partition coefficient (Wildman–Crippen LogP) is 6.11. The molecular weight excluding hydrogens is 469 g/mol. The van der Waals surface area contributed by atoms with Gasteiger partial charge in [0.1, 0.15) is 5.75 Å². The number of amides is 1. The molecule has 0 fully saturated rings. The van der Waals surface area contributed by atoms with Crippen LogP contribution in [-0.2, 0) is 12.6 Å². The zero-order chi connectivity index (χ0) is 26.1. The largest absolute Gasteiger partial charge is 0.497 e. The number of ether oxygens (including phenoxy) is 1. The van der Waals surface area contributed by atoms with Crippen LogP contribution in [-0.4, -0.2) is 24.3 Å². The molecule has 0 bridgehead atoms. The quantitative estimate of drug-likeness (QED) is 0.332. The molecule has 0 aliphatic carbocycles. The number of fused-ring (bicyclic) bond motifs is 1. The maximum Gasteiger partial charge on any atom is 0.417 e. The standard InChI is InChI=1S/C28H25F3N2O3/c1-27(2)16-18-10-13-20(36-3)14-22(18)24(33-27)15-25(34)17-8-11-19(12-9-17)32-26(35)21-6-4-5-7-23(21)28(29,30)31/h4-15,33H,16H2,1-3H3,(H,32,35). The van der Waals surface area contributed by atoms with Crippen LogP contribution in [0.15, 0.2) is 72.8 Å². The Morgan fingerprint density at radius 3 is 2.39 bits per heavy atom. The minimum atomic E-state index is -4.65. The van der Waals surface area contributed by atoms with Crippen LogP contribution in [0.4, 0.5) is 18.9 Å². The van der Waals surface area contributed by atoms with Crippen molar-refractivity contribution in [2.75, 3.05) is 12.4 Å². The number of allylic oxidation sites excluding steroid dienone is 1. The van der Waals surface area contributed by atoms with Gasteiger partial charge in [-0.15, -0.1) is 0 Å². The molecule has 1 aliphatic rings. The smallest absolute Gasteiger partial charge is 0.417 e. The van der Waals surface area contributed by atoms with Gasteiger partial charge in [-0.1, -0.05) is 18.2 Å². The van der Waals surface area contributed by atoms with E-state index in [9.17, 15) is 22.8 Å². The molecule has 5 nitrogen and oxygen atoms in total. The van der Waals surface area contributed by atoms with Crippen LogP contribution in [0.5, 0.6) is 5.75 Å². The highest BCUT2D eigenvalue weighted by Gasteiger charge is 2.35. The normalized spacial score (nSPS) is 15.6. The number of carbonyl (C=O) groups is 2. The molecular formula is C28H25F3N2O3. The Hall–Kier alpha value is -4.07. The van der Waals surface area contributed by atoms with Crippen molar-refractivity contribution in [3.63, 3.8) is 0 Å². The van der Waals surface area contributed by atoms with E-state index in [1.165, 1.54) is 42.5 Å². The Kier molecular flexibility index (Phi) is 6.63. The lowest BCUT2D eigenvalue weighted by atomic mass is 9.85. The average Bonchev–Trinajstić information content (AvgIpc) is 2.83. The minimum Gasteiger partial charge on any atom is -0.497 e. The molecule has 2 N–H and O–H groups in total. The summed E-state index contributed by atoms with van der Waals surface area (Å²) >= 11 is 0. The van der Waals surface area contributed by atoms with E-state index < -0.39 is 23.2 Å². The molecule has 0 aromatic heterocycles. The van der Waals surface area contributed by atoms with Gasteiger partial charge in [0.05, 0.1) is 18.2 Å². The van der Waals surface area contributed by atoms with Crippen LogP contribution in [0, 0.1) is 0 Å². The molecule has 1 aliphatic heterocycles. The van der Waals surface area contributed by atoms with Gasteiger partial charge >= 0.3 is 6.18 Å². The molecule has 0 radical (unpaired) electrons. The van der Waals surface area contributed by atoms with E-state index >= 15 is 0 Å². The van der Waals surface area contributed by atoms with Gasteiger partial charge in [0.2, 0.25) is 0 Å². The highest BCUT2D eigenvalue weighted by atomic mass is 19.4. The number of methoxy groups -OCH3 is 1. The van der Waals surface area contributed by atoms with Crippen molar-refractivity contribution in [2.24, 2.45) is 0 Å². The topological polar surface area (TPSA) is 67.4 Å². The number of nitrogens with one attached hydrogen (secondary N) is 2. The van der Waals surface area contributed by atoms with E-state index in [-0.39, 0.29) is 17.0 Å². The van der Waals surface area contributed by atoms with Gasteiger partial charge in [-0.05, 0) is 74.4 Å². The Morgan fingerprint density at radius 1 is 1.03 bits per heavy atom. The van der Waals surface area contributed by atoms with Crippen LogP contribution in [0.3, 0.4) is 0 Å². The third-order valence-electron chi connectivity index (χ3n) is 5.89. The minimum absolute atomic E-state index is 0.255. The van der Waals surface area contributed by atoms with Crippen molar-refractivity contribution in [1.29, 1.82) is 0 Å². The van der Waals surface area contributed by atoms with Crippen LogP contribution in [0.2, 0.25) is 0 Å². The predicted molar refractivity (Wildman–Crippen MR) is 132 cm³/mol. The first kappa shape index (κ1) is 25.0. The Morgan fingerprint density at radius 2 is 1.72 bits per heavy atom. The van der Waals surface area contributed by atoms with Crippen LogP contribution in [0.1, 0.15) is 51.3 Å². The number of benzene rings is 3. The Balaban J connectivity index is 1.55. The SMILES string of the molecule is COc1ccc2c(c1)C(=CC(=O)c1ccc(NC(=O)c3ccccc3C(F)(F)F)cc1)NC(C)(C)C2.